The second-order valence-corrected chi connectivity index (χ2v) is 16.6. The first-order valence-corrected chi connectivity index (χ1v) is 17.4. The molecule has 0 saturated heterocycles. The van der Waals surface area contributed by atoms with E-state index in [1.54, 1.807) is 6.07 Å². The van der Waals surface area contributed by atoms with Gasteiger partial charge in [-0.2, -0.15) is 0 Å². The van der Waals surface area contributed by atoms with E-state index >= 15 is 0 Å². The molecule has 1 aromatic carbocycles. The number of hydrogen-bond donors (Lipinski definition) is 3. The van der Waals surface area contributed by atoms with E-state index in [0.29, 0.717) is 11.7 Å². The van der Waals surface area contributed by atoms with Gasteiger partial charge in [0.1, 0.15) is 0 Å². The molecular formula is C32H61O3P. The van der Waals surface area contributed by atoms with Gasteiger partial charge < -0.3 is 0 Å². The number of benzene rings is 1. The number of unbranched alkanes of at least 4 members (excludes halogenated alkanes) is 15. The molecule has 0 amide bonds. The summed E-state index contributed by atoms with van der Waals surface area (Å²) in [6.07, 6.45) is 20.4. The van der Waals surface area contributed by atoms with E-state index in [2.05, 4.69) is 54.5 Å². The summed E-state index contributed by atoms with van der Waals surface area (Å²) in [4.78, 5) is 33.4. The third kappa shape index (κ3) is 12.9. The van der Waals surface area contributed by atoms with E-state index in [9.17, 15) is 14.7 Å². The fourth-order valence-corrected chi connectivity index (χ4v) is 7.39. The van der Waals surface area contributed by atoms with Gasteiger partial charge >= 0.3 is 186 Å². The molecule has 0 aromatic heterocycles. The van der Waals surface area contributed by atoms with Crippen molar-refractivity contribution < 1.29 is 14.7 Å². The summed E-state index contributed by atoms with van der Waals surface area (Å²) in [5.41, 5.74) is 1.66. The molecule has 3 N–H and O–H groups in total. The van der Waals surface area contributed by atoms with Gasteiger partial charge in [-0.1, -0.05) is 39.0 Å². The Kier molecular flexibility index (Phi) is 14.2. The second-order valence-electron chi connectivity index (χ2n) is 13.4. The van der Waals surface area contributed by atoms with Crippen molar-refractivity contribution in [2.75, 3.05) is 6.16 Å². The summed E-state index contributed by atoms with van der Waals surface area (Å²) in [6, 6.07) is 5.78. The molecule has 0 heterocycles. The van der Waals surface area contributed by atoms with Crippen LogP contribution in [0.5, 0.6) is 0 Å². The summed E-state index contributed by atoms with van der Waals surface area (Å²) in [6.45, 7) is 14.9. The van der Waals surface area contributed by atoms with Crippen LogP contribution >= 0.6 is 7.28 Å². The second kappa shape index (κ2) is 15.2. The van der Waals surface area contributed by atoms with Crippen molar-refractivity contribution in [3.8, 4) is 0 Å². The number of hydrogen-bond acceptors (Lipinski definition) is 3. The predicted molar refractivity (Wildman–Crippen MR) is 161 cm³/mol. The van der Waals surface area contributed by atoms with Crippen LogP contribution in [0.15, 0.2) is 18.2 Å². The van der Waals surface area contributed by atoms with Crippen molar-refractivity contribution in [3.05, 3.63) is 29.3 Å². The SMILES string of the molecule is CCCCCCCCCCCCCCCCCCP(O)(O)(O)c1ccc(C(C)(C)C)cc1C(C)(C)C. The molecule has 0 radical (unpaired) electrons. The standard InChI is InChI=1S/C32H61O3P/c1-8-9-10-11-12-13-14-15-16-17-18-19-20-21-22-23-26-36(33,34,35)30-25-24-28(31(2,3)4)27-29(30)32(5,6)7/h24-25,27,33-35H,8-23,26H2,1-7H3. The Hall–Kier alpha value is -0.470. The van der Waals surface area contributed by atoms with Gasteiger partial charge in [0.2, 0.25) is 0 Å². The van der Waals surface area contributed by atoms with Gasteiger partial charge in [0, 0.05) is 0 Å². The fourth-order valence-electron chi connectivity index (χ4n) is 5.07. The van der Waals surface area contributed by atoms with Crippen molar-refractivity contribution in [1.29, 1.82) is 0 Å². The van der Waals surface area contributed by atoms with Crippen LogP contribution in [0.25, 0.3) is 0 Å². The maximum atomic E-state index is 11.1. The molecular weight excluding hydrogens is 463 g/mol. The van der Waals surface area contributed by atoms with E-state index < -0.39 is 7.28 Å². The van der Waals surface area contributed by atoms with Crippen LogP contribution in [-0.2, 0) is 10.8 Å². The van der Waals surface area contributed by atoms with Gasteiger partial charge in [-0.05, 0) is 0 Å². The topological polar surface area (TPSA) is 60.7 Å². The minimum absolute atomic E-state index is 0.0385. The fraction of sp³-hybridized carbons (Fsp3) is 0.812. The van der Waals surface area contributed by atoms with Crippen LogP contribution in [0.2, 0.25) is 0 Å². The van der Waals surface area contributed by atoms with Crippen LogP contribution in [0.4, 0.5) is 0 Å². The Morgan fingerprint density at radius 3 is 1.31 bits per heavy atom. The molecule has 4 heteroatoms. The zero-order valence-electron chi connectivity index (χ0n) is 25.0. The zero-order valence-corrected chi connectivity index (χ0v) is 25.9. The van der Waals surface area contributed by atoms with Gasteiger partial charge in [-0.25, -0.2) is 0 Å². The first kappa shape index (κ1) is 33.6. The van der Waals surface area contributed by atoms with Crippen molar-refractivity contribution in [3.63, 3.8) is 0 Å². The number of rotatable bonds is 18. The van der Waals surface area contributed by atoms with E-state index in [4.69, 9.17) is 0 Å². The molecule has 1 rings (SSSR count). The molecule has 0 atom stereocenters. The van der Waals surface area contributed by atoms with E-state index in [-0.39, 0.29) is 17.0 Å². The van der Waals surface area contributed by atoms with Crippen LogP contribution in [-0.4, -0.2) is 20.8 Å². The summed E-state index contributed by atoms with van der Waals surface area (Å²) in [5, 5.41) is 0.349. The Morgan fingerprint density at radius 1 is 0.556 bits per heavy atom. The molecule has 0 aliphatic carbocycles. The normalized spacial score (nSPS) is 14.1. The Morgan fingerprint density at radius 2 is 0.944 bits per heavy atom. The van der Waals surface area contributed by atoms with Crippen molar-refractivity contribution in [1.82, 2.24) is 0 Å². The maximum absolute atomic E-state index is 11.1. The van der Waals surface area contributed by atoms with Gasteiger partial charge in [0.25, 0.3) is 0 Å². The van der Waals surface area contributed by atoms with Crippen LogP contribution in [0.3, 0.4) is 0 Å². The third-order valence-electron chi connectivity index (χ3n) is 7.59. The molecule has 36 heavy (non-hydrogen) atoms. The molecule has 0 fully saturated rings. The zero-order chi connectivity index (χ0) is 27.3. The van der Waals surface area contributed by atoms with E-state index in [0.717, 1.165) is 24.0 Å². The summed E-state index contributed by atoms with van der Waals surface area (Å²) < 4.78 is 0. The molecule has 0 saturated carbocycles. The van der Waals surface area contributed by atoms with Crippen molar-refractivity contribution in [2.45, 2.75) is 162 Å². The van der Waals surface area contributed by atoms with Crippen LogP contribution in [0.1, 0.15) is 162 Å². The summed E-state index contributed by atoms with van der Waals surface area (Å²) >= 11 is 0. The molecule has 212 valence electrons. The Bertz CT molecular complexity index is 734. The summed E-state index contributed by atoms with van der Waals surface area (Å²) in [7, 11) is -4.91. The van der Waals surface area contributed by atoms with Crippen molar-refractivity contribution >= 4 is 12.6 Å². The molecule has 0 bridgehead atoms. The van der Waals surface area contributed by atoms with Gasteiger partial charge in [0.15, 0.2) is 0 Å². The minimum atomic E-state index is -4.91. The molecule has 3 nitrogen and oxygen atoms in total. The molecule has 0 spiro atoms. The van der Waals surface area contributed by atoms with E-state index in [1.807, 2.05) is 6.07 Å². The van der Waals surface area contributed by atoms with Gasteiger partial charge in [0.05, 0.1) is 0 Å². The van der Waals surface area contributed by atoms with Gasteiger partial charge in [-0.15, -0.1) is 0 Å². The van der Waals surface area contributed by atoms with E-state index in [1.165, 1.54) is 83.5 Å². The molecule has 0 unspecified atom stereocenters. The first-order chi connectivity index (χ1) is 16.7. The van der Waals surface area contributed by atoms with Crippen LogP contribution in [0, 0.1) is 0 Å². The van der Waals surface area contributed by atoms with Crippen LogP contribution < -0.4 is 5.30 Å². The Labute approximate surface area is 224 Å². The average molecular weight is 525 g/mol. The predicted octanol–water partition coefficient (Wildman–Crippen LogP) is 9.44. The Balaban J connectivity index is 2.35. The summed E-state index contributed by atoms with van der Waals surface area (Å²) in [5.74, 6) is 0. The molecule has 0 aliphatic heterocycles. The van der Waals surface area contributed by atoms with Gasteiger partial charge in [-0.3, -0.25) is 0 Å². The first-order valence-electron chi connectivity index (χ1n) is 15.1. The monoisotopic (exact) mass is 524 g/mol. The quantitative estimate of drug-likeness (QED) is 0.132. The van der Waals surface area contributed by atoms with Crippen molar-refractivity contribution in [2.24, 2.45) is 0 Å². The molecule has 0 aliphatic rings. The average Bonchev–Trinajstić information content (AvgIpc) is 2.77. The molecule has 1 aromatic rings. The third-order valence-corrected chi connectivity index (χ3v) is 10.1.